The lowest BCUT2D eigenvalue weighted by Gasteiger charge is -2.18. The number of carbonyl (C=O) groups is 1. The molecule has 0 spiro atoms. The molecule has 5 heteroatoms. The van der Waals surface area contributed by atoms with Crippen LogP contribution in [0.2, 0.25) is 0 Å². The summed E-state index contributed by atoms with van der Waals surface area (Å²) >= 11 is 0. The third kappa shape index (κ3) is 3.47. The van der Waals surface area contributed by atoms with Crippen molar-refractivity contribution >= 4 is 12.2 Å². The van der Waals surface area contributed by atoms with Crippen LogP contribution in [-0.4, -0.2) is 24.9 Å². The van der Waals surface area contributed by atoms with Crippen LogP contribution in [0.1, 0.15) is 30.9 Å². The van der Waals surface area contributed by atoms with Gasteiger partial charge in [-0.15, -0.1) is 0 Å². The summed E-state index contributed by atoms with van der Waals surface area (Å²) in [6, 6.07) is 16.3. The van der Waals surface area contributed by atoms with Crippen molar-refractivity contribution < 1.29 is 14.3 Å². The van der Waals surface area contributed by atoms with Gasteiger partial charge in [0, 0.05) is 5.92 Å². The zero-order valence-corrected chi connectivity index (χ0v) is 14.2. The number of nitrogens with one attached hydrogen (secondary N) is 1. The predicted octanol–water partition coefficient (Wildman–Crippen LogP) is 3.84. The predicted molar refractivity (Wildman–Crippen MR) is 95.0 cm³/mol. The van der Waals surface area contributed by atoms with E-state index in [4.69, 9.17) is 4.74 Å². The topological polar surface area (TPSA) is 67.8 Å². The molecular weight excluding hydrogens is 316 g/mol. The van der Waals surface area contributed by atoms with Gasteiger partial charge in [0.2, 0.25) is 6.08 Å². The minimum atomic E-state index is -0.631. The molecule has 0 saturated carbocycles. The van der Waals surface area contributed by atoms with Gasteiger partial charge in [-0.05, 0) is 28.2 Å². The van der Waals surface area contributed by atoms with Gasteiger partial charge >= 0.3 is 6.09 Å². The first-order chi connectivity index (χ1) is 12.1. The summed E-state index contributed by atoms with van der Waals surface area (Å²) in [6.07, 6.45) is 0.267. The molecule has 1 N–H and O–H groups in total. The molecule has 25 heavy (non-hydrogen) atoms. The van der Waals surface area contributed by atoms with Crippen LogP contribution in [0.15, 0.2) is 53.5 Å². The smallest absolute Gasteiger partial charge is 0.408 e. The highest BCUT2D eigenvalue weighted by molar-refractivity contribution is 5.79. The van der Waals surface area contributed by atoms with E-state index in [0.29, 0.717) is 0 Å². The molecule has 5 nitrogen and oxygen atoms in total. The Morgan fingerprint density at radius 2 is 1.68 bits per heavy atom. The van der Waals surface area contributed by atoms with E-state index in [0.717, 1.165) is 11.1 Å². The molecule has 0 heterocycles. The van der Waals surface area contributed by atoms with E-state index in [1.165, 1.54) is 17.2 Å². The fraction of sp³-hybridized carbons (Fsp3) is 0.300. The lowest BCUT2D eigenvalue weighted by Crippen LogP contribution is -2.38. The Balaban J connectivity index is 1.73. The first-order valence-corrected chi connectivity index (χ1v) is 8.30. The molecule has 1 aliphatic carbocycles. The van der Waals surface area contributed by atoms with E-state index in [1.54, 1.807) is 0 Å². The Hall–Kier alpha value is -2.91. The second kappa shape index (κ2) is 7.32. The van der Waals surface area contributed by atoms with Crippen LogP contribution >= 0.6 is 0 Å². The number of fused-ring (bicyclic) bond motifs is 3. The van der Waals surface area contributed by atoms with Gasteiger partial charge in [-0.1, -0.05) is 62.4 Å². The van der Waals surface area contributed by atoms with Crippen molar-refractivity contribution in [2.75, 3.05) is 6.61 Å². The van der Waals surface area contributed by atoms with E-state index in [2.05, 4.69) is 34.6 Å². The minimum absolute atomic E-state index is 0.00484. The molecule has 0 aliphatic heterocycles. The van der Waals surface area contributed by atoms with Crippen LogP contribution in [0.25, 0.3) is 11.1 Å². The third-order valence-corrected chi connectivity index (χ3v) is 4.43. The normalized spacial score (nSPS) is 13.6. The van der Waals surface area contributed by atoms with Gasteiger partial charge in [-0.2, -0.15) is 4.99 Å². The molecule has 2 aromatic rings. The fourth-order valence-corrected chi connectivity index (χ4v) is 3.17. The summed E-state index contributed by atoms with van der Waals surface area (Å²) in [4.78, 5) is 26.1. The number of ether oxygens (including phenoxy) is 1. The average molecular weight is 336 g/mol. The summed E-state index contributed by atoms with van der Waals surface area (Å²) in [5.41, 5.74) is 4.67. The van der Waals surface area contributed by atoms with Crippen LogP contribution < -0.4 is 5.32 Å². The summed E-state index contributed by atoms with van der Waals surface area (Å²) in [5.74, 6) is -0.0212. The van der Waals surface area contributed by atoms with Crippen molar-refractivity contribution in [2.24, 2.45) is 10.9 Å². The molecular formula is C20H20N2O3. The molecule has 2 aromatic carbocycles. The molecule has 1 aliphatic rings. The molecule has 0 radical (unpaired) electrons. The number of isocyanates is 1. The summed E-state index contributed by atoms with van der Waals surface area (Å²) in [7, 11) is 0. The summed E-state index contributed by atoms with van der Waals surface area (Å²) in [5, 5.41) is 2.60. The third-order valence-electron chi connectivity index (χ3n) is 4.43. The zero-order chi connectivity index (χ0) is 17.8. The first kappa shape index (κ1) is 16.9. The van der Waals surface area contributed by atoms with Crippen molar-refractivity contribution in [3.05, 3.63) is 59.7 Å². The minimum Gasteiger partial charge on any atom is -0.449 e. The number of hydrogen-bond donors (Lipinski definition) is 1. The van der Waals surface area contributed by atoms with Crippen molar-refractivity contribution in [3.8, 4) is 11.1 Å². The van der Waals surface area contributed by atoms with Gasteiger partial charge in [-0.25, -0.2) is 9.59 Å². The second-order valence-electron chi connectivity index (χ2n) is 6.38. The van der Waals surface area contributed by atoms with E-state index in [1.807, 2.05) is 38.1 Å². The monoisotopic (exact) mass is 336 g/mol. The van der Waals surface area contributed by atoms with Gasteiger partial charge in [0.25, 0.3) is 0 Å². The molecule has 3 rings (SSSR count). The number of amides is 1. The van der Waals surface area contributed by atoms with Crippen LogP contribution in [-0.2, 0) is 9.53 Å². The molecule has 0 fully saturated rings. The van der Waals surface area contributed by atoms with Crippen LogP contribution in [0, 0.1) is 5.92 Å². The molecule has 0 aromatic heterocycles. The SMILES string of the molecule is CC(C)[C@@H](N=C=O)NC(=O)OCC1c2ccccc2-c2ccccc21. The van der Waals surface area contributed by atoms with Gasteiger partial charge in [0.05, 0.1) is 0 Å². The lowest BCUT2D eigenvalue weighted by atomic mass is 9.98. The standard InChI is InChI=1S/C20H20N2O3/c1-13(2)19(21-12-23)22-20(24)25-11-18-16-9-5-3-7-14(16)15-8-4-6-10-17(15)18/h3-10,13,18-19H,11H2,1-2H3,(H,22,24)/t19-/m0/s1. The molecule has 1 atom stereocenters. The molecule has 0 saturated heterocycles. The van der Waals surface area contributed by atoms with E-state index < -0.39 is 12.3 Å². The number of alkyl carbamates (subject to hydrolysis) is 1. The fourth-order valence-electron chi connectivity index (χ4n) is 3.17. The van der Waals surface area contributed by atoms with Crippen LogP contribution in [0.5, 0.6) is 0 Å². The number of rotatable bonds is 5. The highest BCUT2D eigenvalue weighted by atomic mass is 16.5. The highest BCUT2D eigenvalue weighted by Gasteiger charge is 2.29. The largest absolute Gasteiger partial charge is 0.449 e. The van der Waals surface area contributed by atoms with E-state index in [-0.39, 0.29) is 18.4 Å². The average Bonchev–Trinajstić information content (AvgIpc) is 2.93. The van der Waals surface area contributed by atoms with E-state index in [9.17, 15) is 9.59 Å². The molecule has 1 amide bonds. The Morgan fingerprint density at radius 3 is 2.20 bits per heavy atom. The van der Waals surface area contributed by atoms with Gasteiger partial charge in [-0.3, -0.25) is 5.32 Å². The van der Waals surface area contributed by atoms with Gasteiger partial charge in [0.15, 0.2) is 0 Å². The van der Waals surface area contributed by atoms with Gasteiger partial charge < -0.3 is 4.74 Å². The van der Waals surface area contributed by atoms with Crippen molar-refractivity contribution in [2.45, 2.75) is 25.9 Å². The first-order valence-electron chi connectivity index (χ1n) is 8.30. The highest BCUT2D eigenvalue weighted by Crippen LogP contribution is 2.44. The van der Waals surface area contributed by atoms with Gasteiger partial charge in [0.1, 0.15) is 12.8 Å². The number of nitrogens with zero attached hydrogens (tertiary/aromatic N) is 1. The number of aliphatic imine (C=N–C) groups is 1. The second-order valence-corrected chi connectivity index (χ2v) is 6.38. The summed E-state index contributed by atoms with van der Waals surface area (Å²) in [6.45, 7) is 3.94. The Bertz CT molecular complexity index is 780. The number of benzene rings is 2. The number of carbonyl (C=O) groups excluding carboxylic acids is 2. The lowest BCUT2D eigenvalue weighted by molar-refractivity contribution is 0.136. The quantitative estimate of drug-likeness (QED) is 0.666. The van der Waals surface area contributed by atoms with Crippen LogP contribution in [0.4, 0.5) is 4.79 Å². The Labute approximate surface area is 146 Å². The summed E-state index contributed by atoms with van der Waals surface area (Å²) < 4.78 is 5.43. The maximum absolute atomic E-state index is 12.1. The molecule has 128 valence electrons. The number of hydrogen-bond acceptors (Lipinski definition) is 4. The van der Waals surface area contributed by atoms with Crippen LogP contribution in [0.3, 0.4) is 0 Å². The molecule has 0 unspecified atom stereocenters. The van der Waals surface area contributed by atoms with Crippen molar-refractivity contribution in [1.29, 1.82) is 0 Å². The maximum Gasteiger partial charge on any atom is 0.408 e. The van der Waals surface area contributed by atoms with Crippen molar-refractivity contribution in [3.63, 3.8) is 0 Å². The molecule has 0 bridgehead atoms. The van der Waals surface area contributed by atoms with Crippen molar-refractivity contribution in [1.82, 2.24) is 5.32 Å². The Kier molecular flexibility index (Phi) is 4.96. The Morgan fingerprint density at radius 1 is 1.12 bits per heavy atom. The zero-order valence-electron chi connectivity index (χ0n) is 14.2. The van der Waals surface area contributed by atoms with E-state index >= 15 is 0 Å². The maximum atomic E-state index is 12.1.